The van der Waals surface area contributed by atoms with E-state index in [0.717, 1.165) is 0 Å². The number of carbonyl (C=O) groups excluding carboxylic acids is 1. The van der Waals surface area contributed by atoms with Crippen LogP contribution < -0.4 is 10.9 Å². The molecule has 0 aliphatic rings. The summed E-state index contributed by atoms with van der Waals surface area (Å²) in [5.74, 6) is 0.0251. The van der Waals surface area contributed by atoms with E-state index in [4.69, 9.17) is 0 Å². The number of rotatable bonds is 6. The van der Waals surface area contributed by atoms with Crippen molar-refractivity contribution in [3.8, 4) is 5.75 Å². The first kappa shape index (κ1) is 17.2. The van der Waals surface area contributed by atoms with E-state index in [1.165, 1.54) is 39.8 Å². The van der Waals surface area contributed by atoms with Gasteiger partial charge in [0.05, 0.1) is 11.1 Å². The smallest absolute Gasteiger partial charge is 0.263 e. The zero-order valence-corrected chi connectivity index (χ0v) is 14.8. The number of aromatic hydroxyl groups is 1. The number of hydrogen-bond acceptors (Lipinski definition) is 6. The molecule has 6 nitrogen and oxygen atoms in total. The van der Waals surface area contributed by atoms with Crippen LogP contribution in [0.4, 0.5) is 5.69 Å². The molecular formula is C17H15N3O3S2. The highest BCUT2D eigenvalue weighted by atomic mass is 32.2. The van der Waals surface area contributed by atoms with E-state index in [1.54, 1.807) is 24.3 Å². The molecule has 2 aromatic heterocycles. The Balaban J connectivity index is 1.76. The van der Waals surface area contributed by atoms with Crippen LogP contribution in [0.15, 0.2) is 58.3 Å². The minimum absolute atomic E-state index is 0.112. The number of phenols is 1. The van der Waals surface area contributed by atoms with Crippen LogP contribution in [0.5, 0.6) is 5.75 Å². The van der Waals surface area contributed by atoms with Gasteiger partial charge in [0.25, 0.3) is 5.56 Å². The topological polar surface area (TPSA) is 84.2 Å². The third-order valence-electron chi connectivity index (χ3n) is 3.34. The van der Waals surface area contributed by atoms with Crippen LogP contribution in [-0.4, -0.2) is 26.3 Å². The van der Waals surface area contributed by atoms with E-state index in [9.17, 15) is 14.7 Å². The summed E-state index contributed by atoms with van der Waals surface area (Å²) in [6, 6.07) is 7.97. The molecule has 3 aromatic rings. The molecule has 0 aliphatic carbocycles. The van der Waals surface area contributed by atoms with E-state index < -0.39 is 0 Å². The summed E-state index contributed by atoms with van der Waals surface area (Å²) in [6.45, 7) is 4.00. The number of phenolic OH excluding ortho intramolecular Hbond substituents is 1. The summed E-state index contributed by atoms with van der Waals surface area (Å²) in [5.41, 5.74) is 0.459. The number of benzene rings is 1. The Bertz CT molecular complexity index is 977. The monoisotopic (exact) mass is 373 g/mol. The number of anilines is 1. The average molecular weight is 373 g/mol. The van der Waals surface area contributed by atoms with E-state index >= 15 is 0 Å². The van der Waals surface area contributed by atoms with Gasteiger partial charge in [0.15, 0.2) is 5.16 Å². The second-order valence-corrected chi connectivity index (χ2v) is 6.96. The van der Waals surface area contributed by atoms with Crippen molar-refractivity contribution < 1.29 is 9.90 Å². The van der Waals surface area contributed by atoms with Crippen molar-refractivity contribution in [3.05, 3.63) is 58.7 Å². The highest BCUT2D eigenvalue weighted by molar-refractivity contribution is 7.99. The zero-order valence-electron chi connectivity index (χ0n) is 13.1. The number of nitrogens with zero attached hydrogens (tertiary/aromatic N) is 2. The first-order valence-electron chi connectivity index (χ1n) is 7.39. The van der Waals surface area contributed by atoms with Crippen molar-refractivity contribution in [2.45, 2.75) is 11.7 Å². The fraction of sp³-hybridized carbons (Fsp3) is 0.118. The zero-order chi connectivity index (χ0) is 17.8. The van der Waals surface area contributed by atoms with Crippen LogP contribution in [0.25, 0.3) is 10.2 Å². The molecule has 0 bridgehead atoms. The van der Waals surface area contributed by atoms with Gasteiger partial charge in [-0.2, -0.15) is 0 Å². The predicted octanol–water partition coefficient (Wildman–Crippen LogP) is 3.08. The van der Waals surface area contributed by atoms with E-state index in [-0.39, 0.29) is 23.0 Å². The van der Waals surface area contributed by atoms with E-state index in [0.29, 0.717) is 27.6 Å². The van der Waals surface area contributed by atoms with Gasteiger partial charge in [0.2, 0.25) is 5.91 Å². The highest BCUT2D eigenvalue weighted by Gasteiger charge is 2.13. The Hall–Kier alpha value is -2.58. The predicted molar refractivity (Wildman–Crippen MR) is 102 cm³/mol. The van der Waals surface area contributed by atoms with Crippen molar-refractivity contribution in [2.75, 3.05) is 11.1 Å². The lowest BCUT2D eigenvalue weighted by molar-refractivity contribution is -0.113. The molecule has 1 aromatic carbocycles. The van der Waals surface area contributed by atoms with Crippen LogP contribution in [0, 0.1) is 0 Å². The lowest BCUT2D eigenvalue weighted by Gasteiger charge is -2.10. The Morgan fingerprint density at radius 2 is 2.12 bits per heavy atom. The minimum Gasteiger partial charge on any atom is -0.508 e. The summed E-state index contributed by atoms with van der Waals surface area (Å²) < 4.78 is 1.51. The Labute approximate surface area is 151 Å². The maximum Gasteiger partial charge on any atom is 0.263 e. The van der Waals surface area contributed by atoms with Crippen molar-refractivity contribution in [1.29, 1.82) is 0 Å². The second-order valence-electron chi connectivity index (χ2n) is 5.12. The summed E-state index contributed by atoms with van der Waals surface area (Å²) in [4.78, 5) is 29.8. The fourth-order valence-corrected chi connectivity index (χ4v) is 3.82. The van der Waals surface area contributed by atoms with Crippen LogP contribution in [0.1, 0.15) is 0 Å². The number of carbonyl (C=O) groups is 1. The van der Waals surface area contributed by atoms with Gasteiger partial charge < -0.3 is 10.4 Å². The van der Waals surface area contributed by atoms with Crippen molar-refractivity contribution in [2.24, 2.45) is 0 Å². The van der Waals surface area contributed by atoms with Gasteiger partial charge in [-0.15, -0.1) is 17.9 Å². The number of thiophene rings is 1. The number of hydrogen-bond donors (Lipinski definition) is 2. The standard InChI is InChI=1S/C17H15N3O3S2/c1-2-8-20-16(23)13-7-9-24-15(13)19-17(20)25-10-14(22)18-11-3-5-12(21)6-4-11/h2-7,9,21H,1,8,10H2,(H,18,22). The number of allylic oxidation sites excluding steroid dienone is 1. The molecule has 8 heteroatoms. The van der Waals surface area contributed by atoms with Crippen LogP contribution in [0.2, 0.25) is 0 Å². The van der Waals surface area contributed by atoms with Crippen LogP contribution in [-0.2, 0) is 11.3 Å². The minimum atomic E-state index is -0.221. The fourth-order valence-electron chi connectivity index (χ4n) is 2.20. The Morgan fingerprint density at radius 3 is 2.84 bits per heavy atom. The summed E-state index contributed by atoms with van der Waals surface area (Å²) in [7, 11) is 0. The van der Waals surface area contributed by atoms with Gasteiger partial charge in [-0.1, -0.05) is 17.8 Å². The molecule has 0 spiro atoms. The normalized spacial score (nSPS) is 10.7. The maximum absolute atomic E-state index is 12.5. The molecule has 0 saturated carbocycles. The van der Waals surface area contributed by atoms with E-state index in [1.807, 2.05) is 5.38 Å². The molecule has 0 aliphatic heterocycles. The third kappa shape index (κ3) is 3.92. The molecule has 0 atom stereocenters. The lowest BCUT2D eigenvalue weighted by atomic mass is 10.3. The molecule has 0 unspecified atom stereocenters. The van der Waals surface area contributed by atoms with Crippen LogP contribution >= 0.6 is 23.1 Å². The van der Waals surface area contributed by atoms with Gasteiger partial charge in [-0.3, -0.25) is 14.2 Å². The summed E-state index contributed by atoms with van der Waals surface area (Å²) in [5, 5.41) is 14.9. The molecule has 2 N–H and O–H groups in total. The second kappa shape index (κ2) is 7.54. The molecule has 1 amide bonds. The Morgan fingerprint density at radius 1 is 1.36 bits per heavy atom. The van der Waals surface area contributed by atoms with E-state index in [2.05, 4.69) is 16.9 Å². The molecule has 0 saturated heterocycles. The van der Waals surface area contributed by atoms with Crippen molar-refractivity contribution in [3.63, 3.8) is 0 Å². The number of fused-ring (bicyclic) bond motifs is 1. The molecular weight excluding hydrogens is 358 g/mol. The first-order chi connectivity index (χ1) is 12.1. The van der Waals surface area contributed by atoms with Crippen molar-refractivity contribution >= 4 is 44.9 Å². The third-order valence-corrected chi connectivity index (χ3v) is 5.13. The number of thioether (sulfide) groups is 1. The van der Waals surface area contributed by atoms with Gasteiger partial charge in [0.1, 0.15) is 10.6 Å². The average Bonchev–Trinajstić information content (AvgIpc) is 3.07. The quantitative estimate of drug-likeness (QED) is 0.300. The molecule has 0 fully saturated rings. The van der Waals surface area contributed by atoms with Gasteiger partial charge >= 0.3 is 0 Å². The van der Waals surface area contributed by atoms with Gasteiger partial charge in [-0.05, 0) is 35.7 Å². The summed E-state index contributed by atoms with van der Waals surface area (Å²) in [6.07, 6.45) is 1.63. The molecule has 25 heavy (non-hydrogen) atoms. The maximum atomic E-state index is 12.5. The number of amides is 1. The largest absolute Gasteiger partial charge is 0.508 e. The molecule has 2 heterocycles. The van der Waals surface area contributed by atoms with Gasteiger partial charge in [-0.25, -0.2) is 4.98 Å². The lowest BCUT2D eigenvalue weighted by Crippen LogP contribution is -2.23. The van der Waals surface area contributed by atoms with Crippen LogP contribution in [0.3, 0.4) is 0 Å². The van der Waals surface area contributed by atoms with Gasteiger partial charge in [0, 0.05) is 12.2 Å². The highest BCUT2D eigenvalue weighted by Crippen LogP contribution is 2.21. The molecule has 128 valence electrons. The Kier molecular flexibility index (Phi) is 5.20. The van der Waals surface area contributed by atoms with Crippen molar-refractivity contribution in [1.82, 2.24) is 9.55 Å². The molecule has 3 rings (SSSR count). The molecule has 0 radical (unpaired) electrons. The number of nitrogens with one attached hydrogen (secondary N) is 1. The SMILES string of the molecule is C=CCn1c(SCC(=O)Nc2ccc(O)cc2)nc2sccc2c1=O. The number of aromatic nitrogens is 2. The summed E-state index contributed by atoms with van der Waals surface area (Å²) >= 11 is 2.59. The first-order valence-corrected chi connectivity index (χ1v) is 9.25.